The topological polar surface area (TPSA) is 117 Å². The van der Waals surface area contributed by atoms with Gasteiger partial charge in [0.05, 0.1) is 13.2 Å². The molecular weight excluding hydrogens is 424 g/mol. The van der Waals surface area contributed by atoms with Crippen LogP contribution in [0.2, 0.25) is 0 Å². The smallest absolute Gasteiger partial charge is 0.340 e. The number of ketones is 1. The van der Waals surface area contributed by atoms with Gasteiger partial charge in [-0.1, -0.05) is 47.6 Å². The van der Waals surface area contributed by atoms with E-state index in [1.165, 1.54) is 0 Å². The van der Waals surface area contributed by atoms with Gasteiger partial charge in [-0.05, 0) is 49.0 Å². The maximum absolute atomic E-state index is 13.1. The first-order chi connectivity index (χ1) is 15.4. The first-order valence-corrected chi connectivity index (χ1v) is 12.4. The van der Waals surface area contributed by atoms with E-state index in [0.29, 0.717) is 17.9 Å². The number of hydrogen-bond acceptors (Lipinski definition) is 7. The largest absolute Gasteiger partial charge is 0.460 e. The van der Waals surface area contributed by atoms with Crippen molar-refractivity contribution in [2.45, 2.75) is 96.6 Å². The van der Waals surface area contributed by atoms with Gasteiger partial charge in [0.15, 0.2) is 17.0 Å². The maximum atomic E-state index is 13.1. The summed E-state index contributed by atoms with van der Waals surface area (Å²) in [5, 5.41) is 30.5. The molecule has 1 heterocycles. The van der Waals surface area contributed by atoms with E-state index < -0.39 is 41.4 Å². The zero-order chi connectivity index (χ0) is 24.8. The van der Waals surface area contributed by atoms with Crippen LogP contribution in [0.25, 0.3) is 0 Å². The molecule has 4 unspecified atom stereocenters. The van der Waals surface area contributed by atoms with Crippen molar-refractivity contribution in [3.63, 3.8) is 0 Å². The Morgan fingerprint density at radius 2 is 1.97 bits per heavy atom. The van der Waals surface area contributed by atoms with Gasteiger partial charge < -0.3 is 24.8 Å². The highest BCUT2D eigenvalue weighted by Crippen LogP contribution is 2.65. The van der Waals surface area contributed by atoms with Gasteiger partial charge in [-0.3, -0.25) is 4.79 Å². The minimum absolute atomic E-state index is 0.0440. The Morgan fingerprint density at radius 3 is 2.55 bits per heavy atom. The molecule has 3 rings (SSSR count). The highest BCUT2D eigenvalue weighted by molar-refractivity contribution is 5.96. The van der Waals surface area contributed by atoms with Gasteiger partial charge in [-0.15, -0.1) is 0 Å². The number of aliphatic hydroxyl groups excluding tert-OH is 2. The fourth-order valence-corrected chi connectivity index (χ4v) is 6.47. The lowest BCUT2D eigenvalue weighted by Gasteiger charge is -2.51. The molecule has 7 nitrogen and oxygen atoms in total. The first-order valence-electron chi connectivity index (χ1n) is 12.4. The molecule has 9 atom stereocenters. The molecule has 0 aromatic rings. The van der Waals surface area contributed by atoms with Crippen LogP contribution in [0, 0.1) is 29.1 Å². The second-order valence-corrected chi connectivity index (χ2v) is 11.3. The number of carbonyl (C=O) groups is 2. The van der Waals surface area contributed by atoms with Gasteiger partial charge in [-0.2, -0.15) is 0 Å². The number of Topliss-reactive ketones (excluding diaryl/α,β-unsaturated/α-hetero) is 1. The molecule has 7 heteroatoms. The summed E-state index contributed by atoms with van der Waals surface area (Å²) in [5.74, 6) is -0.489. The number of ether oxygens (including phenoxy) is 2. The van der Waals surface area contributed by atoms with E-state index in [0.717, 1.165) is 19.3 Å². The average molecular weight is 467 g/mol. The normalized spacial score (nSPS) is 39.0. The Bertz CT molecular complexity index is 781. The third-order valence-corrected chi connectivity index (χ3v) is 9.00. The van der Waals surface area contributed by atoms with E-state index in [-0.39, 0.29) is 43.0 Å². The predicted octanol–water partition coefficient (Wildman–Crippen LogP) is 2.80. The lowest BCUT2D eigenvalue weighted by atomic mass is 9.52. The minimum Gasteiger partial charge on any atom is -0.460 e. The third kappa shape index (κ3) is 4.30. The highest BCUT2D eigenvalue weighted by Gasteiger charge is 2.76. The van der Waals surface area contributed by atoms with E-state index in [2.05, 4.69) is 34.3 Å². The van der Waals surface area contributed by atoms with Crippen LogP contribution in [0.5, 0.6) is 0 Å². The Morgan fingerprint density at radius 1 is 1.30 bits per heavy atom. The molecule has 1 aliphatic heterocycles. The third-order valence-electron chi connectivity index (χ3n) is 9.00. The molecule has 3 aliphatic rings. The summed E-state index contributed by atoms with van der Waals surface area (Å²) in [6.07, 6.45) is 2.56. The number of fused-ring (bicyclic) bond motifs is 3. The van der Waals surface area contributed by atoms with Crippen molar-refractivity contribution in [3.8, 4) is 0 Å². The second-order valence-electron chi connectivity index (χ2n) is 11.3. The lowest BCUT2D eigenvalue weighted by molar-refractivity contribution is -0.190. The van der Waals surface area contributed by atoms with E-state index >= 15 is 0 Å². The summed E-state index contributed by atoms with van der Waals surface area (Å²) in [6, 6.07) is 0. The summed E-state index contributed by atoms with van der Waals surface area (Å²) >= 11 is 0. The molecule has 2 aliphatic carbocycles. The van der Waals surface area contributed by atoms with Crippen molar-refractivity contribution >= 4 is 11.8 Å². The summed E-state index contributed by atoms with van der Waals surface area (Å²) in [5.41, 5.74) is -3.14. The van der Waals surface area contributed by atoms with Crippen LogP contribution in [0.1, 0.15) is 73.1 Å². The molecule has 33 heavy (non-hydrogen) atoms. The average Bonchev–Trinajstić information content (AvgIpc) is 3.55. The second kappa shape index (κ2) is 9.40. The number of aliphatic hydroxyl groups is 3. The van der Waals surface area contributed by atoms with Crippen LogP contribution in [-0.2, 0) is 19.1 Å². The Balaban J connectivity index is 1.77. The Labute approximate surface area is 197 Å². The summed E-state index contributed by atoms with van der Waals surface area (Å²) in [4.78, 5) is 26.2. The highest BCUT2D eigenvalue weighted by atomic mass is 16.6. The predicted molar refractivity (Wildman–Crippen MR) is 123 cm³/mol. The molecule has 0 amide bonds. The maximum Gasteiger partial charge on any atom is 0.340 e. The van der Waals surface area contributed by atoms with Gasteiger partial charge in [-0.25, -0.2) is 4.79 Å². The van der Waals surface area contributed by atoms with Crippen molar-refractivity contribution in [2.24, 2.45) is 29.1 Å². The fourth-order valence-electron chi connectivity index (χ4n) is 6.47. The number of hydrogen-bond donors (Lipinski definition) is 3. The molecule has 3 N–H and O–H groups in total. The van der Waals surface area contributed by atoms with Crippen molar-refractivity contribution in [1.29, 1.82) is 0 Å². The summed E-state index contributed by atoms with van der Waals surface area (Å²) in [6.45, 7) is 13.3. The number of carbonyl (C=O) groups excluding carboxylic acids is 2. The molecule has 3 fully saturated rings. The van der Waals surface area contributed by atoms with Crippen LogP contribution in [0.4, 0.5) is 0 Å². The van der Waals surface area contributed by atoms with E-state index in [9.17, 15) is 24.9 Å². The summed E-state index contributed by atoms with van der Waals surface area (Å²) < 4.78 is 11.8. The zero-order valence-electron chi connectivity index (χ0n) is 20.8. The van der Waals surface area contributed by atoms with Gasteiger partial charge in [0.1, 0.15) is 12.2 Å². The van der Waals surface area contributed by atoms with E-state index in [1.54, 1.807) is 0 Å². The number of epoxide rings is 1. The molecule has 0 aromatic heterocycles. The molecule has 188 valence electrons. The van der Waals surface area contributed by atoms with E-state index in [4.69, 9.17) is 9.47 Å². The minimum atomic E-state index is -1.96. The van der Waals surface area contributed by atoms with Crippen molar-refractivity contribution in [3.05, 3.63) is 12.2 Å². The lowest BCUT2D eigenvalue weighted by Crippen LogP contribution is -2.58. The fraction of sp³-hybridized carbons (Fsp3) is 0.846. The SMILES string of the molecule is C=C(CO)[C@@]12O[C@@H]1[C@@]1(C)C(CC2=O)[C@H](OC(=O)C(O)(CO)CC(C)CC(C)CC)CC[C@@H]1C. The Kier molecular flexibility index (Phi) is 7.50. The molecule has 0 radical (unpaired) electrons. The quantitative estimate of drug-likeness (QED) is 0.257. The van der Waals surface area contributed by atoms with Crippen molar-refractivity contribution in [2.75, 3.05) is 13.2 Å². The van der Waals surface area contributed by atoms with Gasteiger partial charge in [0.2, 0.25) is 0 Å². The monoisotopic (exact) mass is 466 g/mol. The van der Waals surface area contributed by atoms with Crippen LogP contribution in [0.15, 0.2) is 12.2 Å². The molecule has 0 spiro atoms. The molecule has 0 bridgehead atoms. The van der Waals surface area contributed by atoms with Gasteiger partial charge in [0, 0.05) is 17.8 Å². The first kappa shape index (κ1) is 26.3. The summed E-state index contributed by atoms with van der Waals surface area (Å²) in [7, 11) is 0. The van der Waals surface area contributed by atoms with Crippen molar-refractivity contribution < 1.29 is 34.4 Å². The zero-order valence-corrected chi connectivity index (χ0v) is 20.8. The molecule has 1 saturated heterocycles. The van der Waals surface area contributed by atoms with Gasteiger partial charge in [0.25, 0.3) is 0 Å². The van der Waals surface area contributed by atoms with Crippen molar-refractivity contribution in [1.82, 2.24) is 0 Å². The van der Waals surface area contributed by atoms with Crippen LogP contribution >= 0.6 is 0 Å². The Hall–Kier alpha value is -1.28. The molecule has 0 aromatic carbocycles. The van der Waals surface area contributed by atoms with Gasteiger partial charge >= 0.3 is 5.97 Å². The van der Waals surface area contributed by atoms with Crippen LogP contribution < -0.4 is 0 Å². The standard InChI is InChI=1S/C26H42O7/c1-7-15(2)10-16(3)12-25(31,14-28)23(30)32-20-9-8-17(4)24(6)19(20)11-21(29)26(18(5)13-27)22(24)33-26/h15-17,19-20,22,27-28,31H,5,7-14H2,1-4,6H3/t15?,16?,17-,19?,20+,22+,24+,25?,26-/m0/s1. The van der Waals surface area contributed by atoms with Crippen LogP contribution in [0.3, 0.4) is 0 Å². The molecule has 2 saturated carbocycles. The van der Waals surface area contributed by atoms with E-state index in [1.807, 2.05) is 6.92 Å². The van der Waals surface area contributed by atoms with Crippen LogP contribution in [-0.4, -0.2) is 63.7 Å². The number of rotatable bonds is 10. The molecular formula is C26H42O7. The number of esters is 1.